The van der Waals surface area contributed by atoms with Crippen LogP contribution >= 0.6 is 24.8 Å². The fraction of sp³-hybridized carbons (Fsp3) is 0.760. The maximum atomic E-state index is 12.4. The van der Waals surface area contributed by atoms with Gasteiger partial charge in [0.2, 0.25) is 5.88 Å². The summed E-state index contributed by atoms with van der Waals surface area (Å²) >= 11 is 10.2. The Morgan fingerprint density at radius 1 is 0.857 bits per heavy atom. The fourth-order valence-electron chi connectivity index (χ4n) is 4.45. The van der Waals surface area contributed by atoms with E-state index in [1.165, 1.54) is 15.3 Å². The second-order valence-corrected chi connectivity index (χ2v) is 11.0. The first-order chi connectivity index (χ1) is 16.5. The summed E-state index contributed by atoms with van der Waals surface area (Å²) in [5, 5.41) is 11.1. The molecular formula is C25H44N4O4S2. The normalized spacial score (nSPS) is 12.5. The first-order valence-corrected chi connectivity index (χ1v) is 13.5. The van der Waals surface area contributed by atoms with Gasteiger partial charge < -0.3 is 23.7 Å². The van der Waals surface area contributed by atoms with Crippen LogP contribution < -0.4 is 5.69 Å². The highest BCUT2D eigenvalue weighted by Gasteiger charge is 2.26. The molecule has 0 bridgehead atoms. The van der Waals surface area contributed by atoms with Crippen LogP contribution in [-0.4, -0.2) is 49.8 Å². The zero-order chi connectivity index (χ0) is 26.2. The molecule has 200 valence electrons. The van der Waals surface area contributed by atoms with E-state index in [1.54, 1.807) is 0 Å². The summed E-state index contributed by atoms with van der Waals surface area (Å²) in [5.74, 6) is 0.0110. The number of hydrogen-bond donors (Lipinski definition) is 2. The molecule has 2 aromatic rings. The third-order valence-corrected chi connectivity index (χ3v) is 7.23. The Kier molecular flexibility index (Phi) is 11.2. The monoisotopic (exact) mass is 528 g/mol. The highest BCUT2D eigenvalue weighted by atomic mass is 32.1. The maximum absolute atomic E-state index is 12.4. The van der Waals surface area contributed by atoms with Crippen LogP contribution in [0.1, 0.15) is 73.6 Å². The van der Waals surface area contributed by atoms with Gasteiger partial charge in [0.15, 0.2) is 4.77 Å². The summed E-state index contributed by atoms with van der Waals surface area (Å²) in [4.78, 5) is 12.4. The van der Waals surface area contributed by atoms with Gasteiger partial charge in [-0.25, -0.2) is 4.79 Å². The van der Waals surface area contributed by atoms with E-state index in [0.29, 0.717) is 33.0 Å². The van der Waals surface area contributed by atoms with E-state index in [0.717, 1.165) is 48.4 Å². The van der Waals surface area contributed by atoms with E-state index in [9.17, 15) is 9.90 Å². The van der Waals surface area contributed by atoms with Crippen LogP contribution in [-0.2, 0) is 33.6 Å². The van der Waals surface area contributed by atoms with E-state index < -0.39 is 5.54 Å². The second kappa shape index (κ2) is 13.2. The molecule has 2 heterocycles. The fourth-order valence-corrected chi connectivity index (χ4v) is 5.55. The molecule has 2 rings (SSSR count). The molecule has 0 saturated carbocycles. The number of aromatic hydroxyl groups is 1. The minimum absolute atomic E-state index is 0.0110. The first-order valence-electron chi connectivity index (χ1n) is 12.6. The van der Waals surface area contributed by atoms with Crippen LogP contribution in [0.5, 0.6) is 5.88 Å². The quantitative estimate of drug-likeness (QED) is 0.179. The third kappa shape index (κ3) is 7.74. The molecule has 0 aromatic carbocycles. The first kappa shape index (κ1) is 29.7. The van der Waals surface area contributed by atoms with Crippen molar-refractivity contribution in [1.82, 2.24) is 18.3 Å². The summed E-state index contributed by atoms with van der Waals surface area (Å²) in [6.45, 7) is 16.3. The number of ether oxygens (including phenoxy) is 2. The summed E-state index contributed by atoms with van der Waals surface area (Å²) in [5.41, 5.74) is -0.764. The predicted molar refractivity (Wildman–Crippen MR) is 146 cm³/mol. The molecule has 0 aliphatic heterocycles. The molecule has 0 unspecified atom stereocenters. The minimum Gasteiger partial charge on any atom is -0.493 e. The van der Waals surface area contributed by atoms with Crippen molar-refractivity contribution in [3.05, 3.63) is 27.6 Å². The third-order valence-electron chi connectivity index (χ3n) is 6.50. The van der Waals surface area contributed by atoms with E-state index in [-0.39, 0.29) is 17.1 Å². The molecule has 0 atom stereocenters. The Hall–Kier alpha value is -1.49. The largest absolute Gasteiger partial charge is 0.493 e. The van der Waals surface area contributed by atoms with Crippen molar-refractivity contribution >= 4 is 24.8 Å². The van der Waals surface area contributed by atoms with Crippen molar-refractivity contribution in [3.8, 4) is 5.88 Å². The highest BCUT2D eigenvalue weighted by molar-refractivity contribution is 7.80. The Labute approximate surface area is 220 Å². The van der Waals surface area contributed by atoms with Gasteiger partial charge in [0.25, 0.3) is 0 Å². The van der Waals surface area contributed by atoms with Crippen LogP contribution in [0.2, 0.25) is 0 Å². The smallest absolute Gasteiger partial charge is 0.331 e. The molecule has 0 amide bonds. The van der Waals surface area contributed by atoms with Crippen LogP contribution in [0.15, 0.2) is 22.2 Å². The van der Waals surface area contributed by atoms with Gasteiger partial charge in [-0.15, -0.1) is 12.6 Å². The molecule has 1 N–H and O–H groups in total. The van der Waals surface area contributed by atoms with Crippen molar-refractivity contribution in [2.24, 2.45) is 0 Å². The van der Waals surface area contributed by atoms with Crippen LogP contribution in [0, 0.1) is 4.77 Å². The molecule has 0 radical (unpaired) electrons. The number of imidazole rings is 2. The lowest BCUT2D eigenvalue weighted by atomic mass is 9.98. The van der Waals surface area contributed by atoms with Gasteiger partial charge >= 0.3 is 5.69 Å². The van der Waals surface area contributed by atoms with Gasteiger partial charge in [-0.05, 0) is 85.9 Å². The molecule has 8 nitrogen and oxygen atoms in total. The van der Waals surface area contributed by atoms with E-state index >= 15 is 0 Å². The molecule has 35 heavy (non-hydrogen) atoms. The molecule has 2 aromatic heterocycles. The summed E-state index contributed by atoms with van der Waals surface area (Å²) in [7, 11) is 0. The van der Waals surface area contributed by atoms with Gasteiger partial charge in [0.05, 0.1) is 11.2 Å². The predicted octanol–water partition coefficient (Wildman–Crippen LogP) is 5.17. The number of aryl methyl sites for hydroxylation is 2. The van der Waals surface area contributed by atoms with Gasteiger partial charge in [-0.3, -0.25) is 9.13 Å². The Morgan fingerprint density at radius 2 is 1.34 bits per heavy atom. The number of rotatable bonds is 16. The van der Waals surface area contributed by atoms with E-state index in [4.69, 9.17) is 21.7 Å². The van der Waals surface area contributed by atoms with Crippen LogP contribution in [0.4, 0.5) is 0 Å². The topological polar surface area (TPSA) is 75.5 Å². The van der Waals surface area contributed by atoms with Gasteiger partial charge in [-0.1, -0.05) is 0 Å². The summed E-state index contributed by atoms with van der Waals surface area (Å²) in [6, 6.07) is 0. The van der Waals surface area contributed by atoms with Gasteiger partial charge in [0, 0.05) is 56.8 Å². The summed E-state index contributed by atoms with van der Waals surface area (Å²) < 4.78 is 19.5. The molecule has 0 aliphatic carbocycles. The van der Waals surface area contributed by atoms with Crippen molar-refractivity contribution in [2.75, 3.05) is 26.4 Å². The number of hydrogen-bond acceptors (Lipinski definition) is 6. The molecule has 0 spiro atoms. The molecule has 0 fully saturated rings. The zero-order valence-corrected chi connectivity index (χ0v) is 24.0. The second-order valence-electron chi connectivity index (χ2n) is 10.2. The average Bonchev–Trinajstić information content (AvgIpc) is 3.25. The number of nitrogens with zero attached hydrogens (tertiary/aromatic N) is 4. The molecule has 0 aliphatic rings. The number of thiol groups is 1. The van der Waals surface area contributed by atoms with Crippen LogP contribution in [0.3, 0.4) is 0 Å². The van der Waals surface area contributed by atoms with E-state index in [1.807, 2.05) is 31.5 Å². The lowest BCUT2D eigenvalue weighted by Crippen LogP contribution is -2.37. The lowest BCUT2D eigenvalue weighted by molar-refractivity contribution is 0.0735. The van der Waals surface area contributed by atoms with Crippen molar-refractivity contribution in [3.63, 3.8) is 0 Å². The van der Waals surface area contributed by atoms with Gasteiger partial charge in [-0.2, -0.15) is 0 Å². The highest BCUT2D eigenvalue weighted by Crippen LogP contribution is 2.27. The lowest BCUT2D eigenvalue weighted by Gasteiger charge is -2.28. The maximum Gasteiger partial charge on any atom is 0.331 e. The Morgan fingerprint density at radius 3 is 1.80 bits per heavy atom. The Bertz CT molecular complexity index is 967. The zero-order valence-electron chi connectivity index (χ0n) is 22.2. The van der Waals surface area contributed by atoms with Crippen molar-refractivity contribution < 1.29 is 14.6 Å². The molecule has 0 saturated heterocycles. The summed E-state index contributed by atoms with van der Waals surface area (Å²) in [6.07, 6.45) is 7.78. The average molecular weight is 529 g/mol. The standard InChI is InChI=1S/C25H44N4O4S2/c1-7-26-18-20(30)28(22(26)31)24(3,4)12-9-14-32-16-11-17-33-15-10-13-25(5,6)29-21(34)19-27(8-2)23(29)35/h18-19,30,34H,7-17H2,1-6H3. The SMILES string of the molecule is CCn1cc(O)n(C(C)(C)CCCOCCCOCCCC(C)(C)n2c(S)cn(CC)c2=S)c1=O. The minimum atomic E-state index is -0.473. The number of aromatic nitrogens is 4. The van der Waals surface area contributed by atoms with Gasteiger partial charge in [0.1, 0.15) is 0 Å². The molecular weight excluding hydrogens is 484 g/mol. The van der Waals surface area contributed by atoms with Crippen molar-refractivity contribution in [2.45, 2.75) is 103 Å². The van der Waals surface area contributed by atoms with Crippen molar-refractivity contribution in [1.29, 1.82) is 0 Å². The van der Waals surface area contributed by atoms with Crippen LogP contribution in [0.25, 0.3) is 0 Å². The molecule has 10 heteroatoms. The van der Waals surface area contributed by atoms with E-state index in [2.05, 4.69) is 38.0 Å². The Balaban J connectivity index is 1.59.